The maximum absolute atomic E-state index is 12.9. The highest BCUT2D eigenvalue weighted by atomic mass is 35.5. The van der Waals surface area contributed by atoms with Crippen molar-refractivity contribution in [2.45, 2.75) is 52.4 Å². The van der Waals surface area contributed by atoms with Gasteiger partial charge in [0.1, 0.15) is 10.8 Å². The van der Waals surface area contributed by atoms with Gasteiger partial charge >= 0.3 is 6.09 Å². The van der Waals surface area contributed by atoms with E-state index < -0.39 is 5.60 Å². The molecule has 0 radical (unpaired) electrons. The van der Waals surface area contributed by atoms with Gasteiger partial charge in [-0.3, -0.25) is 14.3 Å². The van der Waals surface area contributed by atoms with E-state index in [0.29, 0.717) is 29.3 Å². The van der Waals surface area contributed by atoms with Crippen LogP contribution in [0.2, 0.25) is 5.15 Å². The van der Waals surface area contributed by atoms with Gasteiger partial charge in [0, 0.05) is 5.69 Å². The molecule has 0 spiro atoms. The Balaban J connectivity index is 1.71. The second-order valence-corrected chi connectivity index (χ2v) is 9.49. The molecule has 0 bridgehead atoms. The zero-order valence-electron chi connectivity index (χ0n) is 18.8. The number of nitrogens with one attached hydrogen (secondary N) is 1. The normalized spacial score (nSPS) is 19.4. The largest absolute Gasteiger partial charge is 0.444 e. The average Bonchev–Trinajstić information content (AvgIpc) is 3.04. The van der Waals surface area contributed by atoms with E-state index in [1.807, 2.05) is 52.8 Å². The summed E-state index contributed by atoms with van der Waals surface area (Å²) in [7, 11) is 0. The first kappa shape index (κ1) is 22.4. The Morgan fingerprint density at radius 3 is 2.75 bits per heavy atom. The van der Waals surface area contributed by atoms with Crippen molar-refractivity contribution in [3.8, 4) is 5.69 Å². The molecule has 1 amide bonds. The Morgan fingerprint density at radius 2 is 2.06 bits per heavy atom. The molecule has 1 N–H and O–H groups in total. The summed E-state index contributed by atoms with van der Waals surface area (Å²) >= 11 is 6.44. The van der Waals surface area contributed by atoms with E-state index in [0.717, 1.165) is 16.8 Å². The average molecular weight is 459 g/mol. The fourth-order valence-electron chi connectivity index (χ4n) is 3.99. The number of amides is 1. The lowest BCUT2D eigenvalue weighted by Crippen LogP contribution is -2.48. The van der Waals surface area contributed by atoms with E-state index in [2.05, 4.69) is 9.97 Å². The molecular formula is C23H27ClN4O4. The van der Waals surface area contributed by atoms with Gasteiger partial charge < -0.3 is 14.5 Å². The summed E-state index contributed by atoms with van der Waals surface area (Å²) in [6.07, 6.45) is 0.925. The predicted molar refractivity (Wildman–Crippen MR) is 123 cm³/mol. The van der Waals surface area contributed by atoms with Gasteiger partial charge in [-0.2, -0.15) is 0 Å². The van der Waals surface area contributed by atoms with E-state index in [1.165, 1.54) is 6.33 Å². The van der Waals surface area contributed by atoms with Crippen LogP contribution in [0.1, 0.15) is 44.9 Å². The van der Waals surface area contributed by atoms with Crippen molar-refractivity contribution in [3.05, 3.63) is 57.2 Å². The molecule has 9 heteroatoms. The summed E-state index contributed by atoms with van der Waals surface area (Å²) < 4.78 is 13.3. The number of aryl methyl sites for hydroxylation is 1. The summed E-state index contributed by atoms with van der Waals surface area (Å²) in [5.74, 6) is 0. The molecule has 1 fully saturated rings. The number of halogens is 1. The summed E-state index contributed by atoms with van der Waals surface area (Å²) in [5.41, 5.74) is 2.35. The van der Waals surface area contributed by atoms with Gasteiger partial charge in [-0.25, -0.2) is 9.78 Å². The van der Waals surface area contributed by atoms with Gasteiger partial charge in [-0.1, -0.05) is 17.7 Å². The molecule has 1 aliphatic rings. The number of benzene rings is 1. The number of carbonyl (C=O) groups excluding carboxylic acids is 1. The van der Waals surface area contributed by atoms with E-state index >= 15 is 0 Å². The number of H-pyrrole nitrogens is 1. The predicted octanol–water partition coefficient (Wildman–Crippen LogP) is 4.37. The SMILES string of the molecule is Cc1cc(-n2c(Cl)cc3c(=O)[nH]cnc32)ccc1[C@@H]1CO[C@@H](C)CN1C(=O)OC(C)(C)C. The Hall–Kier alpha value is -2.84. The Morgan fingerprint density at radius 1 is 1.31 bits per heavy atom. The Kier molecular flexibility index (Phi) is 5.77. The molecule has 8 nitrogen and oxygen atoms in total. The highest BCUT2D eigenvalue weighted by Crippen LogP contribution is 2.32. The van der Waals surface area contributed by atoms with Crippen LogP contribution in [0.4, 0.5) is 4.79 Å². The molecule has 1 aliphatic heterocycles. The zero-order chi connectivity index (χ0) is 23.2. The summed E-state index contributed by atoms with van der Waals surface area (Å²) in [6.45, 7) is 10.3. The highest BCUT2D eigenvalue weighted by Gasteiger charge is 2.35. The minimum Gasteiger partial charge on any atom is -0.444 e. The van der Waals surface area contributed by atoms with E-state index in [4.69, 9.17) is 21.1 Å². The van der Waals surface area contributed by atoms with Gasteiger partial charge in [-0.05, 0) is 63.9 Å². The summed E-state index contributed by atoms with van der Waals surface area (Å²) in [4.78, 5) is 33.6. The molecule has 1 saturated heterocycles. The minimum atomic E-state index is -0.584. The first-order valence-corrected chi connectivity index (χ1v) is 10.9. The first-order chi connectivity index (χ1) is 15.0. The first-order valence-electron chi connectivity index (χ1n) is 10.5. The molecule has 3 aromatic rings. The molecular weight excluding hydrogens is 432 g/mol. The number of hydrogen-bond donors (Lipinski definition) is 1. The molecule has 0 saturated carbocycles. The van der Waals surface area contributed by atoms with Crippen LogP contribution in [0.15, 0.2) is 35.4 Å². The lowest BCUT2D eigenvalue weighted by Gasteiger charge is -2.40. The number of aromatic nitrogens is 3. The lowest BCUT2D eigenvalue weighted by molar-refractivity contribution is -0.0645. The van der Waals surface area contributed by atoms with Gasteiger partial charge in [0.25, 0.3) is 5.56 Å². The van der Waals surface area contributed by atoms with Crippen LogP contribution in [0, 0.1) is 6.92 Å². The lowest BCUT2D eigenvalue weighted by atomic mass is 9.98. The molecule has 2 atom stereocenters. The maximum Gasteiger partial charge on any atom is 0.410 e. The molecule has 0 aliphatic carbocycles. The number of hydrogen-bond acceptors (Lipinski definition) is 5. The standard InChI is InChI=1S/C23H27ClN4O4/c1-13-8-15(28-19(24)9-17-20(28)25-12-26-21(17)29)6-7-16(13)18-11-31-14(2)10-27(18)22(30)32-23(3,4)5/h6-9,12,14,18H,10-11H2,1-5H3,(H,25,26,29)/t14-,18-/m0/s1. The summed E-state index contributed by atoms with van der Waals surface area (Å²) in [6, 6.07) is 7.16. The van der Waals surface area contributed by atoms with Crippen LogP contribution in [-0.4, -0.2) is 50.4 Å². The number of aromatic amines is 1. The fourth-order valence-corrected chi connectivity index (χ4v) is 4.28. The van der Waals surface area contributed by atoms with Gasteiger partial charge in [0.15, 0.2) is 5.65 Å². The summed E-state index contributed by atoms with van der Waals surface area (Å²) in [5, 5.41) is 0.812. The van der Waals surface area contributed by atoms with Gasteiger partial charge in [0.2, 0.25) is 0 Å². The third kappa shape index (κ3) is 4.25. The second kappa shape index (κ2) is 8.26. The highest BCUT2D eigenvalue weighted by molar-refractivity contribution is 6.31. The van der Waals surface area contributed by atoms with Crippen LogP contribution in [0.5, 0.6) is 0 Å². The van der Waals surface area contributed by atoms with E-state index in [1.54, 1.807) is 15.5 Å². The molecule has 32 heavy (non-hydrogen) atoms. The number of morpholine rings is 1. The third-order valence-electron chi connectivity index (χ3n) is 5.42. The molecule has 170 valence electrons. The van der Waals surface area contributed by atoms with Gasteiger partial charge in [0.05, 0.1) is 37.0 Å². The number of carbonyl (C=O) groups is 1. The second-order valence-electron chi connectivity index (χ2n) is 9.10. The van der Waals surface area contributed by atoms with Gasteiger partial charge in [-0.15, -0.1) is 0 Å². The quantitative estimate of drug-likeness (QED) is 0.615. The van der Waals surface area contributed by atoms with Crippen molar-refractivity contribution in [3.63, 3.8) is 0 Å². The molecule has 4 rings (SSSR count). The number of ether oxygens (including phenoxy) is 2. The van der Waals surface area contributed by atoms with Crippen LogP contribution >= 0.6 is 11.6 Å². The smallest absolute Gasteiger partial charge is 0.410 e. The molecule has 0 unspecified atom stereocenters. The van der Waals surface area contributed by atoms with Crippen molar-refractivity contribution < 1.29 is 14.3 Å². The maximum atomic E-state index is 12.9. The van der Waals surface area contributed by atoms with Crippen molar-refractivity contribution in [1.82, 2.24) is 19.4 Å². The van der Waals surface area contributed by atoms with E-state index in [9.17, 15) is 9.59 Å². The Bertz CT molecular complexity index is 1230. The number of rotatable bonds is 2. The number of nitrogens with zero attached hydrogens (tertiary/aromatic N) is 3. The van der Waals surface area contributed by atoms with Crippen LogP contribution in [0.25, 0.3) is 16.7 Å². The van der Waals surface area contributed by atoms with Crippen LogP contribution in [-0.2, 0) is 9.47 Å². The van der Waals surface area contributed by atoms with Crippen molar-refractivity contribution in [2.24, 2.45) is 0 Å². The zero-order valence-corrected chi connectivity index (χ0v) is 19.6. The number of fused-ring (bicyclic) bond motifs is 1. The fraction of sp³-hybridized carbons (Fsp3) is 0.435. The van der Waals surface area contributed by atoms with Crippen LogP contribution < -0.4 is 5.56 Å². The van der Waals surface area contributed by atoms with E-state index in [-0.39, 0.29) is 23.8 Å². The Labute approximate surface area is 191 Å². The monoisotopic (exact) mass is 458 g/mol. The van der Waals surface area contributed by atoms with Crippen LogP contribution in [0.3, 0.4) is 0 Å². The molecule has 3 heterocycles. The van der Waals surface area contributed by atoms with Crippen molar-refractivity contribution >= 4 is 28.7 Å². The third-order valence-corrected chi connectivity index (χ3v) is 5.70. The van der Waals surface area contributed by atoms with Crippen molar-refractivity contribution in [1.29, 1.82) is 0 Å². The molecule has 1 aromatic carbocycles. The minimum absolute atomic E-state index is 0.0763. The van der Waals surface area contributed by atoms with Crippen molar-refractivity contribution in [2.75, 3.05) is 13.2 Å². The topological polar surface area (TPSA) is 89.5 Å². The molecule has 2 aromatic heterocycles.